The largest absolute Gasteiger partial charge is 0.478 e. The van der Waals surface area contributed by atoms with Gasteiger partial charge in [0.1, 0.15) is 5.82 Å². The van der Waals surface area contributed by atoms with Crippen LogP contribution in [0.2, 0.25) is 0 Å². The fourth-order valence-corrected chi connectivity index (χ4v) is 2.13. The van der Waals surface area contributed by atoms with E-state index in [1.165, 1.54) is 12.1 Å². The standard InChI is InChI=1S/C16H13F4NO2/c1-2-9-7-11(17)4-6-13(9)21-14-8-10(16(18,19)20)3-5-12(14)15(22)23/h3-8,21H,2H2,1H3,(H,22,23). The minimum atomic E-state index is -4.59. The first-order valence-electron chi connectivity index (χ1n) is 6.72. The summed E-state index contributed by atoms with van der Waals surface area (Å²) in [6.45, 7) is 1.75. The van der Waals surface area contributed by atoms with Crippen molar-refractivity contribution in [2.45, 2.75) is 19.5 Å². The van der Waals surface area contributed by atoms with Crippen LogP contribution in [-0.2, 0) is 12.6 Å². The maximum atomic E-state index is 13.2. The van der Waals surface area contributed by atoms with Gasteiger partial charge in [0, 0.05) is 5.69 Å². The zero-order valence-corrected chi connectivity index (χ0v) is 12.0. The van der Waals surface area contributed by atoms with Crippen LogP contribution in [-0.4, -0.2) is 11.1 Å². The van der Waals surface area contributed by atoms with E-state index in [0.717, 1.165) is 18.2 Å². The Bertz CT molecular complexity index is 741. The molecule has 0 saturated carbocycles. The van der Waals surface area contributed by atoms with Gasteiger partial charge in [-0.15, -0.1) is 0 Å². The Morgan fingerprint density at radius 1 is 1.13 bits per heavy atom. The van der Waals surface area contributed by atoms with Gasteiger partial charge in [0.2, 0.25) is 0 Å². The van der Waals surface area contributed by atoms with Crippen LogP contribution in [0.25, 0.3) is 0 Å². The molecule has 2 aromatic rings. The van der Waals surface area contributed by atoms with Crippen LogP contribution in [0.5, 0.6) is 0 Å². The number of rotatable bonds is 4. The van der Waals surface area contributed by atoms with E-state index in [1.807, 2.05) is 0 Å². The quantitative estimate of drug-likeness (QED) is 0.789. The van der Waals surface area contributed by atoms with Crippen LogP contribution in [0.3, 0.4) is 0 Å². The van der Waals surface area contributed by atoms with Crippen molar-refractivity contribution < 1.29 is 27.5 Å². The van der Waals surface area contributed by atoms with E-state index < -0.39 is 23.5 Å². The topological polar surface area (TPSA) is 49.3 Å². The van der Waals surface area contributed by atoms with Gasteiger partial charge in [-0.05, 0) is 48.4 Å². The number of nitrogens with one attached hydrogen (secondary N) is 1. The Morgan fingerprint density at radius 3 is 2.39 bits per heavy atom. The van der Waals surface area contributed by atoms with Crippen molar-refractivity contribution in [1.29, 1.82) is 0 Å². The number of carboxylic acids is 1. The predicted octanol–water partition coefficient (Wildman–Crippen LogP) is 4.85. The SMILES string of the molecule is CCc1cc(F)ccc1Nc1cc(C(F)(F)F)ccc1C(=O)O. The minimum Gasteiger partial charge on any atom is -0.478 e. The lowest BCUT2D eigenvalue weighted by molar-refractivity contribution is -0.137. The van der Waals surface area contributed by atoms with Crippen LogP contribution in [0.15, 0.2) is 36.4 Å². The molecule has 2 rings (SSSR count). The van der Waals surface area contributed by atoms with Crippen molar-refractivity contribution >= 4 is 17.3 Å². The third-order valence-corrected chi connectivity index (χ3v) is 3.29. The predicted molar refractivity (Wildman–Crippen MR) is 77.5 cm³/mol. The summed E-state index contributed by atoms with van der Waals surface area (Å²) in [6.07, 6.45) is -4.16. The number of alkyl halides is 3. The number of carboxylic acid groups (broad SMARTS) is 1. The number of carbonyl (C=O) groups is 1. The van der Waals surface area contributed by atoms with Gasteiger partial charge < -0.3 is 10.4 Å². The molecule has 0 aromatic heterocycles. The van der Waals surface area contributed by atoms with Gasteiger partial charge in [-0.2, -0.15) is 13.2 Å². The number of hydrogen-bond acceptors (Lipinski definition) is 2. The average Bonchev–Trinajstić information content (AvgIpc) is 2.47. The van der Waals surface area contributed by atoms with Crippen LogP contribution in [0.1, 0.15) is 28.4 Å². The van der Waals surface area contributed by atoms with Gasteiger partial charge in [-0.1, -0.05) is 6.92 Å². The molecule has 0 heterocycles. The number of aromatic carboxylic acids is 1. The minimum absolute atomic E-state index is 0.200. The molecule has 0 fully saturated rings. The van der Waals surface area contributed by atoms with Crippen molar-refractivity contribution in [1.82, 2.24) is 0 Å². The van der Waals surface area contributed by atoms with Crippen molar-refractivity contribution in [3.63, 3.8) is 0 Å². The van der Waals surface area contributed by atoms with E-state index in [4.69, 9.17) is 5.11 Å². The Balaban J connectivity index is 2.51. The molecule has 0 bridgehead atoms. The maximum absolute atomic E-state index is 13.2. The molecule has 2 N–H and O–H groups in total. The van der Waals surface area contributed by atoms with Gasteiger partial charge >= 0.3 is 12.1 Å². The number of aryl methyl sites for hydroxylation is 1. The molecule has 3 nitrogen and oxygen atoms in total. The molecule has 0 aliphatic rings. The summed E-state index contributed by atoms with van der Waals surface area (Å²) in [5.74, 6) is -1.84. The summed E-state index contributed by atoms with van der Waals surface area (Å²) in [5, 5.41) is 11.8. The first-order valence-corrected chi connectivity index (χ1v) is 6.72. The molecule has 7 heteroatoms. The molecular formula is C16H13F4NO2. The molecule has 0 spiro atoms. The van der Waals surface area contributed by atoms with Crippen molar-refractivity contribution in [3.8, 4) is 0 Å². The Labute approximate surface area is 129 Å². The fourth-order valence-electron chi connectivity index (χ4n) is 2.13. The second kappa shape index (κ2) is 6.28. The third kappa shape index (κ3) is 3.80. The zero-order chi connectivity index (χ0) is 17.2. The Morgan fingerprint density at radius 2 is 1.83 bits per heavy atom. The molecule has 2 aromatic carbocycles. The highest BCUT2D eigenvalue weighted by molar-refractivity contribution is 5.95. The number of halogens is 4. The highest BCUT2D eigenvalue weighted by atomic mass is 19.4. The molecule has 0 amide bonds. The second-order valence-electron chi connectivity index (χ2n) is 4.84. The molecule has 0 unspecified atom stereocenters. The molecular weight excluding hydrogens is 314 g/mol. The summed E-state index contributed by atoms with van der Waals surface area (Å²) in [4.78, 5) is 11.2. The maximum Gasteiger partial charge on any atom is 0.416 e. The third-order valence-electron chi connectivity index (χ3n) is 3.29. The molecule has 0 atom stereocenters. The zero-order valence-electron chi connectivity index (χ0n) is 12.0. The Kier molecular flexibility index (Phi) is 4.58. The number of anilines is 2. The summed E-state index contributed by atoms with van der Waals surface area (Å²) < 4.78 is 51.7. The molecule has 0 aliphatic carbocycles. The van der Waals surface area contributed by atoms with E-state index in [9.17, 15) is 22.4 Å². The number of benzene rings is 2. The number of hydrogen-bond donors (Lipinski definition) is 2. The summed E-state index contributed by atoms with van der Waals surface area (Å²) in [5.41, 5.74) is -0.586. The fraction of sp³-hybridized carbons (Fsp3) is 0.188. The van der Waals surface area contributed by atoms with Gasteiger partial charge in [0.25, 0.3) is 0 Å². The van der Waals surface area contributed by atoms with E-state index in [1.54, 1.807) is 6.92 Å². The van der Waals surface area contributed by atoms with Gasteiger partial charge in [-0.3, -0.25) is 0 Å². The van der Waals surface area contributed by atoms with Gasteiger partial charge in [0.15, 0.2) is 0 Å². The highest BCUT2D eigenvalue weighted by Crippen LogP contribution is 2.34. The van der Waals surface area contributed by atoms with E-state index >= 15 is 0 Å². The normalized spacial score (nSPS) is 11.3. The second-order valence-corrected chi connectivity index (χ2v) is 4.84. The average molecular weight is 327 g/mol. The van der Waals surface area contributed by atoms with Crippen LogP contribution in [0.4, 0.5) is 28.9 Å². The Hall–Kier alpha value is -2.57. The molecule has 0 radical (unpaired) electrons. The van der Waals surface area contributed by atoms with Crippen molar-refractivity contribution in [3.05, 3.63) is 58.9 Å². The first-order chi connectivity index (χ1) is 10.7. The summed E-state index contributed by atoms with van der Waals surface area (Å²) in [7, 11) is 0. The smallest absolute Gasteiger partial charge is 0.416 e. The molecule has 23 heavy (non-hydrogen) atoms. The van der Waals surface area contributed by atoms with Gasteiger partial charge in [0.05, 0.1) is 16.8 Å². The lowest BCUT2D eigenvalue weighted by Crippen LogP contribution is -2.09. The van der Waals surface area contributed by atoms with Crippen molar-refractivity contribution in [2.24, 2.45) is 0 Å². The van der Waals surface area contributed by atoms with Crippen LogP contribution < -0.4 is 5.32 Å². The monoisotopic (exact) mass is 327 g/mol. The van der Waals surface area contributed by atoms with Crippen LogP contribution >= 0.6 is 0 Å². The summed E-state index contributed by atoms with van der Waals surface area (Å²) in [6, 6.07) is 6.08. The van der Waals surface area contributed by atoms with E-state index in [2.05, 4.69) is 5.32 Å². The van der Waals surface area contributed by atoms with Gasteiger partial charge in [-0.25, -0.2) is 9.18 Å². The lowest BCUT2D eigenvalue weighted by Gasteiger charge is -2.15. The highest BCUT2D eigenvalue weighted by Gasteiger charge is 2.31. The van der Waals surface area contributed by atoms with E-state index in [0.29, 0.717) is 23.7 Å². The first kappa shape index (κ1) is 16.8. The van der Waals surface area contributed by atoms with Crippen LogP contribution in [0, 0.1) is 5.82 Å². The van der Waals surface area contributed by atoms with E-state index in [-0.39, 0.29) is 11.3 Å². The lowest BCUT2D eigenvalue weighted by atomic mass is 10.1. The molecule has 0 saturated heterocycles. The summed E-state index contributed by atoms with van der Waals surface area (Å²) >= 11 is 0. The van der Waals surface area contributed by atoms with Crippen molar-refractivity contribution in [2.75, 3.05) is 5.32 Å². The molecule has 122 valence electrons. The molecule has 0 aliphatic heterocycles.